The highest BCUT2D eigenvalue weighted by atomic mass is 16.3. The van der Waals surface area contributed by atoms with Crippen molar-refractivity contribution >= 4 is 22.7 Å². The Morgan fingerprint density at radius 3 is 2.38 bits per heavy atom. The molecule has 2 amide bonds. The Bertz CT molecular complexity index is 786. The van der Waals surface area contributed by atoms with Crippen molar-refractivity contribution in [1.82, 2.24) is 14.8 Å². The number of piperazine rings is 1. The Balaban J connectivity index is 1.74. The van der Waals surface area contributed by atoms with Gasteiger partial charge in [-0.1, -0.05) is 6.07 Å². The molecule has 2 aromatic rings. The number of H-pyrrole nitrogens is 1. The number of hydrogen-bond acceptors (Lipinski definition) is 3. The van der Waals surface area contributed by atoms with E-state index < -0.39 is 6.10 Å². The number of amides is 2. The van der Waals surface area contributed by atoms with Crippen LogP contribution in [-0.4, -0.2) is 64.0 Å². The number of rotatable bonds is 2. The summed E-state index contributed by atoms with van der Waals surface area (Å²) in [5.41, 5.74) is 3.92. The molecule has 1 unspecified atom stereocenters. The number of aliphatic hydroxyl groups excluding tert-OH is 1. The third-order valence-electron chi connectivity index (χ3n) is 4.81. The van der Waals surface area contributed by atoms with E-state index >= 15 is 0 Å². The molecular formula is C18H23N3O3. The minimum atomic E-state index is -0.993. The fourth-order valence-corrected chi connectivity index (χ4v) is 3.14. The summed E-state index contributed by atoms with van der Waals surface area (Å²) in [6, 6.07) is 5.95. The molecule has 1 aliphatic heterocycles. The van der Waals surface area contributed by atoms with Crippen LogP contribution in [0.2, 0.25) is 0 Å². The first kappa shape index (κ1) is 16.5. The minimum absolute atomic E-state index is 0.0487. The standard InChI is InChI=1S/C18H23N3O3/c1-11-4-5-15-14(12(11)2)10-16(19-15)18(24)21-8-6-20(7-9-21)17(23)13(3)22/h4-5,10,13,19,22H,6-9H2,1-3H3. The number of aryl methyl sites for hydroxylation is 2. The van der Waals surface area contributed by atoms with Crippen molar-refractivity contribution in [2.75, 3.05) is 26.2 Å². The summed E-state index contributed by atoms with van der Waals surface area (Å²) in [5, 5.41) is 10.4. The Kier molecular flexibility index (Phi) is 4.32. The van der Waals surface area contributed by atoms with Crippen LogP contribution in [0.1, 0.15) is 28.5 Å². The number of nitrogens with one attached hydrogen (secondary N) is 1. The number of hydrogen-bond donors (Lipinski definition) is 2. The molecule has 128 valence electrons. The van der Waals surface area contributed by atoms with Gasteiger partial charge in [-0.25, -0.2) is 0 Å². The molecule has 6 heteroatoms. The number of aromatic amines is 1. The zero-order valence-electron chi connectivity index (χ0n) is 14.3. The number of carbonyl (C=O) groups excluding carboxylic acids is 2. The molecule has 1 aromatic heterocycles. The van der Waals surface area contributed by atoms with E-state index in [1.807, 2.05) is 18.2 Å². The number of nitrogens with zero attached hydrogens (tertiary/aromatic N) is 2. The van der Waals surface area contributed by atoms with Crippen LogP contribution in [-0.2, 0) is 4.79 Å². The lowest BCUT2D eigenvalue weighted by molar-refractivity contribution is -0.140. The van der Waals surface area contributed by atoms with Crippen LogP contribution in [0, 0.1) is 13.8 Å². The van der Waals surface area contributed by atoms with Crippen LogP contribution in [0.15, 0.2) is 18.2 Å². The van der Waals surface area contributed by atoms with Crippen molar-refractivity contribution in [2.45, 2.75) is 26.9 Å². The maximum atomic E-state index is 12.7. The third-order valence-corrected chi connectivity index (χ3v) is 4.81. The molecular weight excluding hydrogens is 306 g/mol. The van der Waals surface area contributed by atoms with E-state index in [-0.39, 0.29) is 11.8 Å². The van der Waals surface area contributed by atoms with E-state index in [9.17, 15) is 14.7 Å². The zero-order chi connectivity index (χ0) is 17.4. The number of fused-ring (bicyclic) bond motifs is 1. The van der Waals surface area contributed by atoms with Crippen LogP contribution in [0.25, 0.3) is 10.9 Å². The number of carbonyl (C=O) groups is 2. The van der Waals surface area contributed by atoms with Crippen LogP contribution in [0.5, 0.6) is 0 Å². The first-order chi connectivity index (χ1) is 11.4. The van der Waals surface area contributed by atoms with Gasteiger partial charge in [0.1, 0.15) is 11.8 Å². The smallest absolute Gasteiger partial charge is 0.270 e. The molecule has 2 heterocycles. The molecule has 0 saturated carbocycles. The summed E-state index contributed by atoms with van der Waals surface area (Å²) in [6.07, 6.45) is -0.993. The first-order valence-electron chi connectivity index (χ1n) is 8.23. The average Bonchev–Trinajstić information content (AvgIpc) is 3.02. The topological polar surface area (TPSA) is 76.6 Å². The molecule has 0 radical (unpaired) electrons. The fraction of sp³-hybridized carbons (Fsp3) is 0.444. The fourth-order valence-electron chi connectivity index (χ4n) is 3.14. The van der Waals surface area contributed by atoms with E-state index in [1.165, 1.54) is 18.1 Å². The third kappa shape index (κ3) is 2.89. The molecule has 3 rings (SSSR count). The molecule has 1 fully saturated rings. The molecule has 0 bridgehead atoms. The molecule has 24 heavy (non-hydrogen) atoms. The van der Waals surface area contributed by atoms with Gasteiger partial charge in [0.2, 0.25) is 0 Å². The Morgan fingerprint density at radius 1 is 1.12 bits per heavy atom. The largest absolute Gasteiger partial charge is 0.384 e. The molecule has 1 saturated heterocycles. The molecule has 1 aliphatic rings. The van der Waals surface area contributed by atoms with E-state index in [1.54, 1.807) is 9.80 Å². The summed E-state index contributed by atoms with van der Waals surface area (Å²) < 4.78 is 0. The second kappa shape index (κ2) is 6.28. The van der Waals surface area contributed by atoms with Gasteiger partial charge in [0.25, 0.3) is 11.8 Å². The van der Waals surface area contributed by atoms with E-state index in [0.29, 0.717) is 31.9 Å². The lowest BCUT2D eigenvalue weighted by Gasteiger charge is -2.35. The van der Waals surface area contributed by atoms with Gasteiger partial charge in [-0.2, -0.15) is 0 Å². The predicted octanol–water partition coefficient (Wildman–Crippen LogP) is 1.45. The van der Waals surface area contributed by atoms with Crippen molar-refractivity contribution in [3.63, 3.8) is 0 Å². The second-order valence-corrected chi connectivity index (χ2v) is 6.45. The van der Waals surface area contributed by atoms with Crippen molar-refractivity contribution in [3.8, 4) is 0 Å². The predicted molar refractivity (Wildman–Crippen MR) is 91.9 cm³/mol. The van der Waals surface area contributed by atoms with Gasteiger partial charge < -0.3 is 19.9 Å². The maximum absolute atomic E-state index is 12.7. The maximum Gasteiger partial charge on any atom is 0.270 e. The number of benzene rings is 1. The Hall–Kier alpha value is -2.34. The summed E-state index contributed by atoms with van der Waals surface area (Å²) in [4.78, 5) is 31.1. The quantitative estimate of drug-likeness (QED) is 0.875. The molecule has 1 atom stereocenters. The van der Waals surface area contributed by atoms with Gasteiger partial charge in [-0.3, -0.25) is 9.59 Å². The van der Waals surface area contributed by atoms with Gasteiger partial charge in [0.05, 0.1) is 0 Å². The Labute approximate surface area is 141 Å². The average molecular weight is 329 g/mol. The van der Waals surface area contributed by atoms with Crippen LogP contribution < -0.4 is 0 Å². The van der Waals surface area contributed by atoms with Crippen LogP contribution >= 0.6 is 0 Å². The molecule has 6 nitrogen and oxygen atoms in total. The monoisotopic (exact) mass is 329 g/mol. The van der Waals surface area contributed by atoms with Gasteiger partial charge in [-0.15, -0.1) is 0 Å². The molecule has 2 N–H and O–H groups in total. The lowest BCUT2D eigenvalue weighted by Crippen LogP contribution is -2.52. The van der Waals surface area contributed by atoms with Gasteiger partial charge >= 0.3 is 0 Å². The Morgan fingerprint density at radius 2 is 1.75 bits per heavy atom. The van der Waals surface area contributed by atoms with Crippen LogP contribution in [0.3, 0.4) is 0 Å². The van der Waals surface area contributed by atoms with Crippen molar-refractivity contribution < 1.29 is 14.7 Å². The summed E-state index contributed by atoms with van der Waals surface area (Å²) in [7, 11) is 0. The first-order valence-corrected chi connectivity index (χ1v) is 8.23. The number of aliphatic hydroxyl groups is 1. The summed E-state index contributed by atoms with van der Waals surface area (Å²) in [5.74, 6) is -0.328. The van der Waals surface area contributed by atoms with E-state index in [2.05, 4.69) is 18.8 Å². The van der Waals surface area contributed by atoms with Crippen molar-refractivity contribution in [1.29, 1.82) is 0 Å². The van der Waals surface area contributed by atoms with E-state index in [0.717, 1.165) is 10.9 Å². The normalized spacial score (nSPS) is 16.5. The van der Waals surface area contributed by atoms with Crippen molar-refractivity contribution in [2.24, 2.45) is 0 Å². The highest BCUT2D eigenvalue weighted by Gasteiger charge is 2.27. The van der Waals surface area contributed by atoms with Crippen LogP contribution in [0.4, 0.5) is 0 Å². The van der Waals surface area contributed by atoms with Crippen molar-refractivity contribution in [3.05, 3.63) is 35.0 Å². The molecule has 0 spiro atoms. The summed E-state index contributed by atoms with van der Waals surface area (Å²) in [6.45, 7) is 7.44. The molecule has 0 aliphatic carbocycles. The number of aromatic nitrogens is 1. The highest BCUT2D eigenvalue weighted by molar-refractivity contribution is 5.99. The van der Waals surface area contributed by atoms with E-state index in [4.69, 9.17) is 0 Å². The van der Waals surface area contributed by atoms with Gasteiger partial charge in [-0.05, 0) is 44.0 Å². The minimum Gasteiger partial charge on any atom is -0.384 e. The second-order valence-electron chi connectivity index (χ2n) is 6.45. The lowest BCUT2D eigenvalue weighted by atomic mass is 10.1. The SMILES string of the molecule is Cc1ccc2[nH]c(C(=O)N3CCN(C(=O)C(C)O)CC3)cc2c1C. The highest BCUT2D eigenvalue weighted by Crippen LogP contribution is 2.23. The van der Waals surface area contributed by atoms with Gasteiger partial charge in [0.15, 0.2) is 0 Å². The summed E-state index contributed by atoms with van der Waals surface area (Å²) >= 11 is 0. The molecule has 1 aromatic carbocycles. The zero-order valence-corrected chi connectivity index (χ0v) is 14.3. The van der Waals surface area contributed by atoms with Gasteiger partial charge in [0, 0.05) is 37.1 Å².